The Balaban J connectivity index is 2.01. The van der Waals surface area contributed by atoms with Gasteiger partial charge in [-0.3, -0.25) is 9.79 Å². The molecule has 1 unspecified atom stereocenters. The average Bonchev–Trinajstić information content (AvgIpc) is 3.50. The SMILES string of the molecule is CCNC(=O)C(C)(C)CN=C(NCC)NC(C)c1ccc(OCC2CC2)c(F)c1. The van der Waals surface area contributed by atoms with Gasteiger partial charge in [-0.25, -0.2) is 4.39 Å². The molecule has 29 heavy (non-hydrogen) atoms. The van der Waals surface area contributed by atoms with Crippen molar-refractivity contribution in [3.63, 3.8) is 0 Å². The van der Waals surface area contributed by atoms with Crippen molar-refractivity contribution in [3.05, 3.63) is 29.6 Å². The lowest BCUT2D eigenvalue weighted by molar-refractivity contribution is -0.128. The number of benzene rings is 1. The van der Waals surface area contributed by atoms with Gasteiger partial charge >= 0.3 is 0 Å². The number of nitrogens with zero attached hydrogens (tertiary/aromatic N) is 1. The van der Waals surface area contributed by atoms with Gasteiger partial charge in [0.15, 0.2) is 17.5 Å². The van der Waals surface area contributed by atoms with Crippen molar-refractivity contribution in [2.75, 3.05) is 26.2 Å². The molecule has 0 heterocycles. The number of amides is 1. The smallest absolute Gasteiger partial charge is 0.227 e. The van der Waals surface area contributed by atoms with Crippen molar-refractivity contribution >= 4 is 11.9 Å². The monoisotopic (exact) mass is 406 g/mol. The van der Waals surface area contributed by atoms with E-state index in [0.29, 0.717) is 43.9 Å². The number of carbonyl (C=O) groups is 1. The second-order valence-corrected chi connectivity index (χ2v) is 8.25. The minimum absolute atomic E-state index is 0.0310. The van der Waals surface area contributed by atoms with Gasteiger partial charge in [-0.15, -0.1) is 0 Å². The van der Waals surface area contributed by atoms with E-state index in [9.17, 15) is 9.18 Å². The number of carbonyl (C=O) groups excluding carboxylic acids is 1. The van der Waals surface area contributed by atoms with Gasteiger partial charge in [-0.2, -0.15) is 0 Å². The fourth-order valence-corrected chi connectivity index (χ4v) is 2.75. The summed E-state index contributed by atoms with van der Waals surface area (Å²) in [6.45, 7) is 11.7. The summed E-state index contributed by atoms with van der Waals surface area (Å²) in [6, 6.07) is 4.90. The molecule has 162 valence electrons. The third-order valence-electron chi connectivity index (χ3n) is 4.91. The second kappa shape index (κ2) is 10.5. The van der Waals surface area contributed by atoms with Crippen LogP contribution in [0.3, 0.4) is 0 Å². The normalized spacial score (nSPS) is 15.6. The molecule has 7 heteroatoms. The van der Waals surface area contributed by atoms with Crippen LogP contribution in [0.2, 0.25) is 0 Å². The Bertz CT molecular complexity index is 717. The highest BCUT2D eigenvalue weighted by molar-refractivity contribution is 5.83. The van der Waals surface area contributed by atoms with E-state index in [0.717, 1.165) is 5.56 Å². The van der Waals surface area contributed by atoms with E-state index in [4.69, 9.17) is 4.74 Å². The van der Waals surface area contributed by atoms with Gasteiger partial charge in [0.2, 0.25) is 5.91 Å². The van der Waals surface area contributed by atoms with Crippen molar-refractivity contribution in [2.24, 2.45) is 16.3 Å². The molecule has 0 aromatic heterocycles. The van der Waals surface area contributed by atoms with Gasteiger partial charge in [-0.1, -0.05) is 6.07 Å². The molecular formula is C22H35FN4O2. The first-order chi connectivity index (χ1) is 13.8. The maximum Gasteiger partial charge on any atom is 0.227 e. The van der Waals surface area contributed by atoms with Crippen LogP contribution in [-0.2, 0) is 4.79 Å². The first-order valence-electron chi connectivity index (χ1n) is 10.5. The highest BCUT2D eigenvalue weighted by Gasteiger charge is 2.27. The molecule has 0 bridgehead atoms. The maximum atomic E-state index is 14.4. The third kappa shape index (κ3) is 7.22. The summed E-state index contributed by atoms with van der Waals surface area (Å²) in [4.78, 5) is 16.7. The summed E-state index contributed by atoms with van der Waals surface area (Å²) >= 11 is 0. The summed E-state index contributed by atoms with van der Waals surface area (Å²) in [5.74, 6) is 1.09. The first kappa shape index (κ1) is 23.0. The highest BCUT2D eigenvalue weighted by atomic mass is 19.1. The van der Waals surface area contributed by atoms with Gasteiger partial charge in [-0.05, 0) is 71.1 Å². The van der Waals surface area contributed by atoms with Crippen LogP contribution in [0.25, 0.3) is 0 Å². The van der Waals surface area contributed by atoms with Crippen LogP contribution in [-0.4, -0.2) is 38.1 Å². The highest BCUT2D eigenvalue weighted by Crippen LogP contribution is 2.30. The Hall–Kier alpha value is -2.31. The standard InChI is InChI=1S/C22H35FN4O2/c1-6-24-20(28)22(4,5)14-26-21(25-7-2)27-15(3)17-10-11-19(18(23)12-17)29-13-16-8-9-16/h10-12,15-16H,6-9,13-14H2,1-5H3,(H,24,28)(H2,25,26,27). The predicted molar refractivity (Wildman–Crippen MR) is 115 cm³/mol. The lowest BCUT2D eigenvalue weighted by Gasteiger charge is -2.23. The van der Waals surface area contributed by atoms with E-state index in [1.807, 2.05) is 40.7 Å². The molecule has 1 aromatic rings. The number of nitrogens with one attached hydrogen (secondary N) is 3. The molecule has 0 aliphatic heterocycles. The van der Waals surface area contributed by atoms with Crippen molar-refractivity contribution < 1.29 is 13.9 Å². The van der Waals surface area contributed by atoms with E-state index in [1.165, 1.54) is 18.9 Å². The molecule has 1 amide bonds. The zero-order valence-electron chi connectivity index (χ0n) is 18.3. The predicted octanol–water partition coefficient (Wildman–Crippen LogP) is 3.39. The summed E-state index contributed by atoms with van der Waals surface area (Å²) in [7, 11) is 0. The molecule has 3 N–H and O–H groups in total. The van der Waals surface area contributed by atoms with Crippen LogP contribution in [0.1, 0.15) is 59.1 Å². The van der Waals surface area contributed by atoms with E-state index < -0.39 is 5.41 Å². The molecule has 2 rings (SSSR count). The van der Waals surface area contributed by atoms with Crippen LogP contribution in [0, 0.1) is 17.2 Å². The third-order valence-corrected chi connectivity index (χ3v) is 4.91. The average molecular weight is 407 g/mol. The Morgan fingerprint density at radius 1 is 1.28 bits per heavy atom. The molecule has 1 fully saturated rings. The summed E-state index contributed by atoms with van der Waals surface area (Å²) < 4.78 is 20.0. The molecule has 1 aliphatic rings. The van der Waals surface area contributed by atoms with Crippen molar-refractivity contribution in [1.82, 2.24) is 16.0 Å². The van der Waals surface area contributed by atoms with E-state index >= 15 is 0 Å². The van der Waals surface area contributed by atoms with Gasteiger partial charge in [0.05, 0.1) is 24.6 Å². The molecule has 6 nitrogen and oxygen atoms in total. The topological polar surface area (TPSA) is 74.8 Å². The number of guanidine groups is 1. The van der Waals surface area contributed by atoms with Crippen molar-refractivity contribution in [1.29, 1.82) is 0 Å². The quantitative estimate of drug-likeness (QED) is 0.411. The molecule has 0 radical (unpaired) electrons. The molecular weight excluding hydrogens is 371 g/mol. The van der Waals surface area contributed by atoms with Crippen LogP contribution >= 0.6 is 0 Å². The Morgan fingerprint density at radius 3 is 2.55 bits per heavy atom. The molecule has 1 atom stereocenters. The van der Waals surface area contributed by atoms with E-state index in [-0.39, 0.29) is 17.8 Å². The van der Waals surface area contributed by atoms with Gasteiger partial charge in [0.25, 0.3) is 0 Å². The second-order valence-electron chi connectivity index (χ2n) is 8.25. The lowest BCUT2D eigenvalue weighted by atomic mass is 9.92. The van der Waals surface area contributed by atoms with E-state index in [1.54, 1.807) is 6.07 Å². The molecule has 1 saturated carbocycles. The number of rotatable bonds is 10. The maximum absolute atomic E-state index is 14.4. The first-order valence-corrected chi connectivity index (χ1v) is 10.5. The van der Waals surface area contributed by atoms with Crippen LogP contribution in [0.15, 0.2) is 23.2 Å². The largest absolute Gasteiger partial charge is 0.490 e. The molecule has 0 saturated heterocycles. The molecule has 1 aromatic carbocycles. The number of hydrogen-bond donors (Lipinski definition) is 3. The zero-order valence-corrected chi connectivity index (χ0v) is 18.3. The van der Waals surface area contributed by atoms with Crippen LogP contribution < -0.4 is 20.7 Å². The lowest BCUT2D eigenvalue weighted by Crippen LogP contribution is -2.42. The van der Waals surface area contributed by atoms with E-state index in [2.05, 4.69) is 20.9 Å². The Labute approximate surface area is 173 Å². The Morgan fingerprint density at radius 2 is 1.97 bits per heavy atom. The van der Waals surface area contributed by atoms with Crippen molar-refractivity contribution in [3.8, 4) is 5.75 Å². The minimum Gasteiger partial charge on any atom is -0.490 e. The van der Waals surface area contributed by atoms with Gasteiger partial charge < -0.3 is 20.7 Å². The summed E-state index contributed by atoms with van der Waals surface area (Å²) in [5.41, 5.74) is 0.184. The van der Waals surface area contributed by atoms with Gasteiger partial charge in [0.1, 0.15) is 0 Å². The number of ether oxygens (including phenoxy) is 1. The number of aliphatic imine (C=N–C) groups is 1. The Kier molecular flexibility index (Phi) is 8.29. The molecule has 0 spiro atoms. The number of halogens is 1. The fourth-order valence-electron chi connectivity index (χ4n) is 2.75. The molecule has 1 aliphatic carbocycles. The van der Waals surface area contributed by atoms with Gasteiger partial charge in [0, 0.05) is 13.1 Å². The van der Waals surface area contributed by atoms with Crippen molar-refractivity contribution in [2.45, 2.75) is 53.5 Å². The fraction of sp³-hybridized carbons (Fsp3) is 0.636. The zero-order chi connectivity index (χ0) is 21.4. The summed E-state index contributed by atoms with van der Waals surface area (Å²) in [6.07, 6.45) is 2.34. The minimum atomic E-state index is -0.617. The number of hydrogen-bond acceptors (Lipinski definition) is 3. The van der Waals surface area contributed by atoms with Crippen LogP contribution in [0.4, 0.5) is 4.39 Å². The summed E-state index contributed by atoms with van der Waals surface area (Å²) in [5, 5.41) is 9.30. The van der Waals surface area contributed by atoms with Crippen LogP contribution in [0.5, 0.6) is 5.75 Å².